The van der Waals surface area contributed by atoms with Gasteiger partial charge in [-0.05, 0) is 33.3 Å². The molecule has 1 rings (SSSR count). The second kappa shape index (κ2) is 5.94. The van der Waals surface area contributed by atoms with Gasteiger partial charge in [-0.1, -0.05) is 13.3 Å². The van der Waals surface area contributed by atoms with E-state index in [1.807, 2.05) is 12.3 Å². The molecule has 0 fully saturated rings. The predicted molar refractivity (Wildman–Crippen MR) is 67.2 cm³/mol. The Morgan fingerprint density at radius 3 is 2.69 bits per heavy atom. The largest absolute Gasteiger partial charge is 0.306 e. The molecule has 1 aromatic rings. The van der Waals surface area contributed by atoms with Crippen LogP contribution in [0.4, 0.5) is 0 Å². The lowest BCUT2D eigenvalue weighted by atomic mass is 10.1. The van der Waals surface area contributed by atoms with Crippen LogP contribution in [0.2, 0.25) is 0 Å². The summed E-state index contributed by atoms with van der Waals surface area (Å²) in [6.07, 6.45) is 5.20. The molecule has 3 heteroatoms. The molecule has 1 heterocycles. The minimum atomic E-state index is 0.133. The second-order valence-corrected chi connectivity index (χ2v) is 5.17. The van der Waals surface area contributed by atoms with Crippen LogP contribution in [0, 0.1) is 0 Å². The number of nitrogens with zero attached hydrogens (tertiary/aromatic N) is 2. The highest BCUT2D eigenvalue weighted by Gasteiger charge is 2.09. The summed E-state index contributed by atoms with van der Waals surface area (Å²) in [6, 6.07) is 1.98. The number of aryl methyl sites for hydroxylation is 1. The first-order valence-electron chi connectivity index (χ1n) is 6.07. The number of rotatable bonds is 5. The first-order chi connectivity index (χ1) is 7.51. The van der Waals surface area contributed by atoms with Crippen molar-refractivity contribution in [3.05, 3.63) is 23.8 Å². The number of nitrogens with one attached hydrogen (secondary N) is 1. The van der Waals surface area contributed by atoms with Gasteiger partial charge in [-0.15, -0.1) is 0 Å². The van der Waals surface area contributed by atoms with E-state index in [0.29, 0.717) is 0 Å². The maximum Gasteiger partial charge on any atom is 0.128 e. The molecule has 0 unspecified atom stereocenters. The summed E-state index contributed by atoms with van der Waals surface area (Å²) in [5, 5.41) is 3.43. The van der Waals surface area contributed by atoms with E-state index in [1.54, 1.807) is 0 Å². The Kier molecular flexibility index (Phi) is 4.87. The molecule has 0 atom stereocenters. The zero-order valence-corrected chi connectivity index (χ0v) is 10.9. The van der Waals surface area contributed by atoms with Gasteiger partial charge in [0.15, 0.2) is 0 Å². The molecule has 0 aliphatic rings. The van der Waals surface area contributed by atoms with Crippen molar-refractivity contribution >= 4 is 0 Å². The van der Waals surface area contributed by atoms with Crippen LogP contribution in [-0.2, 0) is 13.0 Å². The molecule has 0 spiro atoms. The van der Waals surface area contributed by atoms with Crippen molar-refractivity contribution in [2.45, 2.75) is 59.0 Å². The summed E-state index contributed by atoms with van der Waals surface area (Å²) in [6.45, 7) is 9.47. The third kappa shape index (κ3) is 5.21. The van der Waals surface area contributed by atoms with Gasteiger partial charge in [0.2, 0.25) is 0 Å². The van der Waals surface area contributed by atoms with E-state index in [-0.39, 0.29) is 5.54 Å². The Labute approximate surface area is 98.7 Å². The Hall–Kier alpha value is -0.960. The fourth-order valence-electron chi connectivity index (χ4n) is 1.35. The van der Waals surface area contributed by atoms with E-state index >= 15 is 0 Å². The smallest absolute Gasteiger partial charge is 0.128 e. The summed E-state index contributed by atoms with van der Waals surface area (Å²) in [5.41, 5.74) is 1.21. The molecule has 1 aromatic heterocycles. The first-order valence-corrected chi connectivity index (χ1v) is 6.07. The van der Waals surface area contributed by atoms with Gasteiger partial charge in [-0.25, -0.2) is 9.97 Å². The molecule has 3 nitrogen and oxygen atoms in total. The Morgan fingerprint density at radius 1 is 1.31 bits per heavy atom. The average molecular weight is 221 g/mol. The lowest BCUT2D eigenvalue weighted by Crippen LogP contribution is -2.35. The third-order valence-corrected chi connectivity index (χ3v) is 2.32. The van der Waals surface area contributed by atoms with E-state index in [1.165, 1.54) is 6.42 Å². The van der Waals surface area contributed by atoms with Crippen LogP contribution in [0.5, 0.6) is 0 Å². The Balaban J connectivity index is 2.53. The lowest BCUT2D eigenvalue weighted by molar-refractivity contribution is 0.420. The molecule has 0 aliphatic heterocycles. The number of hydrogen-bond acceptors (Lipinski definition) is 3. The van der Waals surface area contributed by atoms with Gasteiger partial charge in [0, 0.05) is 24.7 Å². The van der Waals surface area contributed by atoms with Crippen molar-refractivity contribution in [3.8, 4) is 0 Å². The van der Waals surface area contributed by atoms with Gasteiger partial charge in [-0.2, -0.15) is 0 Å². The van der Waals surface area contributed by atoms with Crippen LogP contribution in [0.1, 0.15) is 52.1 Å². The summed E-state index contributed by atoms with van der Waals surface area (Å²) in [7, 11) is 0. The Morgan fingerprint density at radius 2 is 2.06 bits per heavy atom. The van der Waals surface area contributed by atoms with Crippen LogP contribution in [0.15, 0.2) is 12.3 Å². The quantitative estimate of drug-likeness (QED) is 0.830. The third-order valence-electron chi connectivity index (χ3n) is 2.32. The van der Waals surface area contributed by atoms with Crippen LogP contribution in [0.25, 0.3) is 0 Å². The van der Waals surface area contributed by atoms with E-state index in [2.05, 4.69) is 43.0 Å². The molecule has 1 N–H and O–H groups in total. The molecular weight excluding hydrogens is 198 g/mol. The SMILES string of the molecule is CCCCc1nccc(CNC(C)(C)C)n1. The van der Waals surface area contributed by atoms with Gasteiger partial charge >= 0.3 is 0 Å². The van der Waals surface area contributed by atoms with E-state index in [9.17, 15) is 0 Å². The topological polar surface area (TPSA) is 37.8 Å². The van der Waals surface area contributed by atoms with Gasteiger partial charge in [-0.3, -0.25) is 0 Å². The molecule has 0 amide bonds. The number of hydrogen-bond donors (Lipinski definition) is 1. The molecule has 16 heavy (non-hydrogen) atoms. The predicted octanol–water partition coefficient (Wildman–Crippen LogP) is 2.71. The molecule has 0 aromatic carbocycles. The summed E-state index contributed by atoms with van der Waals surface area (Å²) in [4.78, 5) is 8.82. The molecular formula is C13H23N3. The highest BCUT2D eigenvalue weighted by atomic mass is 15.0. The minimum Gasteiger partial charge on any atom is -0.306 e. The fraction of sp³-hybridized carbons (Fsp3) is 0.692. The van der Waals surface area contributed by atoms with Crippen molar-refractivity contribution in [2.75, 3.05) is 0 Å². The number of unbranched alkanes of at least 4 members (excludes halogenated alkanes) is 1. The van der Waals surface area contributed by atoms with Crippen LogP contribution in [-0.4, -0.2) is 15.5 Å². The average Bonchev–Trinajstić information content (AvgIpc) is 2.23. The zero-order valence-electron chi connectivity index (χ0n) is 10.9. The fourth-order valence-corrected chi connectivity index (χ4v) is 1.35. The lowest BCUT2D eigenvalue weighted by Gasteiger charge is -2.20. The zero-order chi connectivity index (χ0) is 12.0. The standard InChI is InChI=1S/C13H23N3/c1-5-6-7-12-14-9-8-11(16-12)10-15-13(2,3)4/h8-9,15H,5-7,10H2,1-4H3. The minimum absolute atomic E-state index is 0.133. The molecule has 0 saturated heterocycles. The highest BCUT2D eigenvalue weighted by Crippen LogP contribution is 2.04. The van der Waals surface area contributed by atoms with Crippen LogP contribution >= 0.6 is 0 Å². The monoisotopic (exact) mass is 221 g/mol. The van der Waals surface area contributed by atoms with E-state index in [0.717, 1.165) is 30.9 Å². The van der Waals surface area contributed by atoms with Crippen LogP contribution in [0.3, 0.4) is 0 Å². The maximum absolute atomic E-state index is 4.54. The van der Waals surface area contributed by atoms with E-state index < -0.39 is 0 Å². The number of aromatic nitrogens is 2. The van der Waals surface area contributed by atoms with Crippen molar-refractivity contribution in [1.29, 1.82) is 0 Å². The summed E-state index contributed by atoms with van der Waals surface area (Å²) < 4.78 is 0. The molecule has 0 bridgehead atoms. The van der Waals surface area contributed by atoms with Crippen molar-refractivity contribution in [3.63, 3.8) is 0 Å². The molecule has 0 saturated carbocycles. The second-order valence-electron chi connectivity index (χ2n) is 5.17. The van der Waals surface area contributed by atoms with Gasteiger partial charge in [0.05, 0.1) is 5.69 Å². The maximum atomic E-state index is 4.54. The van der Waals surface area contributed by atoms with Gasteiger partial charge < -0.3 is 5.32 Å². The summed E-state index contributed by atoms with van der Waals surface area (Å²) >= 11 is 0. The highest BCUT2D eigenvalue weighted by molar-refractivity contribution is 5.02. The Bertz CT molecular complexity index is 315. The normalized spacial score (nSPS) is 11.8. The molecule has 0 radical (unpaired) electrons. The van der Waals surface area contributed by atoms with Crippen LogP contribution < -0.4 is 5.32 Å². The van der Waals surface area contributed by atoms with Crippen molar-refractivity contribution in [1.82, 2.24) is 15.3 Å². The first kappa shape index (κ1) is 13.1. The van der Waals surface area contributed by atoms with Gasteiger partial charge in [0.25, 0.3) is 0 Å². The van der Waals surface area contributed by atoms with Gasteiger partial charge in [0.1, 0.15) is 5.82 Å². The van der Waals surface area contributed by atoms with Crippen molar-refractivity contribution in [2.24, 2.45) is 0 Å². The molecule has 90 valence electrons. The molecule has 0 aliphatic carbocycles. The van der Waals surface area contributed by atoms with E-state index in [4.69, 9.17) is 0 Å². The van der Waals surface area contributed by atoms with Crippen molar-refractivity contribution < 1.29 is 0 Å². The summed E-state index contributed by atoms with van der Waals surface area (Å²) in [5.74, 6) is 0.968.